The summed E-state index contributed by atoms with van der Waals surface area (Å²) in [7, 11) is 1.51. The maximum absolute atomic E-state index is 12.8. The van der Waals surface area contributed by atoms with Gasteiger partial charge in [-0.3, -0.25) is 4.79 Å². The predicted octanol–water partition coefficient (Wildman–Crippen LogP) is 4.38. The number of carbonyl (C=O) groups excluding carboxylic acids is 1. The maximum Gasteiger partial charge on any atom is 0.416 e. The minimum Gasteiger partial charge on any atom is -0.375 e. The van der Waals surface area contributed by atoms with Crippen molar-refractivity contribution in [1.82, 2.24) is 15.5 Å². The van der Waals surface area contributed by atoms with Gasteiger partial charge in [-0.2, -0.15) is 18.2 Å². The number of amides is 1. The number of alkyl halides is 3. The highest BCUT2D eigenvalue weighted by Crippen LogP contribution is 2.31. The number of hydrogen-bond donors (Lipinski definition) is 2. The zero-order chi connectivity index (χ0) is 20.3. The van der Waals surface area contributed by atoms with Crippen LogP contribution in [0.3, 0.4) is 0 Å². The number of benzene rings is 2. The third-order valence-electron chi connectivity index (χ3n) is 3.80. The fraction of sp³-hybridized carbons (Fsp3) is 0.167. The Kier molecular flexibility index (Phi) is 5.55. The van der Waals surface area contributed by atoms with Gasteiger partial charge in [-0.25, -0.2) is 0 Å². The van der Waals surface area contributed by atoms with Crippen LogP contribution in [-0.4, -0.2) is 23.1 Å². The SMILES string of the molecule is CNC(=O)c1ccc(Cl)c(NCc2nc(-c3cccc(C(F)(F)F)c3)no2)c1. The van der Waals surface area contributed by atoms with E-state index in [1.165, 1.54) is 19.2 Å². The number of carbonyl (C=O) groups is 1. The van der Waals surface area contributed by atoms with Gasteiger partial charge in [0.2, 0.25) is 11.7 Å². The third kappa shape index (κ3) is 4.42. The van der Waals surface area contributed by atoms with Gasteiger partial charge in [-0.1, -0.05) is 28.9 Å². The standard InChI is InChI=1S/C18H14ClF3N4O2/c1-23-17(27)11-5-6-13(19)14(8-11)24-9-15-25-16(26-28-15)10-3-2-4-12(7-10)18(20,21)22/h2-8,24H,9H2,1H3,(H,23,27). The first kappa shape index (κ1) is 19.7. The van der Waals surface area contributed by atoms with E-state index in [0.717, 1.165) is 12.1 Å². The van der Waals surface area contributed by atoms with E-state index in [9.17, 15) is 18.0 Å². The maximum atomic E-state index is 12.8. The van der Waals surface area contributed by atoms with Crippen molar-refractivity contribution in [2.45, 2.75) is 12.7 Å². The van der Waals surface area contributed by atoms with E-state index in [-0.39, 0.29) is 29.7 Å². The fourth-order valence-electron chi connectivity index (χ4n) is 2.40. The molecule has 1 amide bonds. The van der Waals surface area contributed by atoms with E-state index in [2.05, 4.69) is 20.8 Å². The second-order valence-electron chi connectivity index (χ2n) is 5.72. The highest BCUT2D eigenvalue weighted by Gasteiger charge is 2.30. The summed E-state index contributed by atoms with van der Waals surface area (Å²) in [5.74, 6) is -0.0914. The lowest BCUT2D eigenvalue weighted by atomic mass is 10.1. The largest absolute Gasteiger partial charge is 0.416 e. The lowest BCUT2D eigenvalue weighted by Gasteiger charge is -2.08. The minimum atomic E-state index is -4.46. The van der Waals surface area contributed by atoms with Gasteiger partial charge in [0.05, 0.1) is 22.8 Å². The van der Waals surface area contributed by atoms with Crippen molar-refractivity contribution >= 4 is 23.2 Å². The van der Waals surface area contributed by atoms with Crippen LogP contribution in [0.1, 0.15) is 21.8 Å². The zero-order valence-corrected chi connectivity index (χ0v) is 15.2. The molecule has 0 fully saturated rings. The Hall–Kier alpha value is -3.07. The monoisotopic (exact) mass is 410 g/mol. The molecule has 2 N–H and O–H groups in total. The van der Waals surface area contributed by atoms with E-state index in [1.54, 1.807) is 18.2 Å². The highest BCUT2D eigenvalue weighted by atomic mass is 35.5. The van der Waals surface area contributed by atoms with Crippen LogP contribution in [0.2, 0.25) is 5.02 Å². The highest BCUT2D eigenvalue weighted by molar-refractivity contribution is 6.33. The molecule has 2 aromatic carbocycles. The van der Waals surface area contributed by atoms with Gasteiger partial charge in [0.25, 0.3) is 5.91 Å². The second-order valence-corrected chi connectivity index (χ2v) is 6.12. The first-order valence-corrected chi connectivity index (χ1v) is 8.41. The first-order valence-electron chi connectivity index (χ1n) is 8.03. The normalized spacial score (nSPS) is 11.3. The average Bonchev–Trinajstić information content (AvgIpc) is 3.15. The van der Waals surface area contributed by atoms with Gasteiger partial charge in [0, 0.05) is 18.2 Å². The summed E-state index contributed by atoms with van der Waals surface area (Å²) in [5.41, 5.74) is 0.267. The van der Waals surface area contributed by atoms with Gasteiger partial charge in [-0.15, -0.1) is 0 Å². The molecule has 28 heavy (non-hydrogen) atoms. The van der Waals surface area contributed by atoms with Crippen LogP contribution in [0.5, 0.6) is 0 Å². The van der Waals surface area contributed by atoms with Crippen LogP contribution in [-0.2, 0) is 12.7 Å². The number of nitrogens with zero attached hydrogens (tertiary/aromatic N) is 2. The van der Waals surface area contributed by atoms with Crippen molar-refractivity contribution < 1.29 is 22.5 Å². The summed E-state index contributed by atoms with van der Waals surface area (Å²) < 4.78 is 43.6. The molecule has 0 spiro atoms. The molecule has 0 atom stereocenters. The predicted molar refractivity (Wildman–Crippen MR) is 96.9 cm³/mol. The molecule has 0 radical (unpaired) electrons. The molecular weight excluding hydrogens is 397 g/mol. The van der Waals surface area contributed by atoms with Crippen LogP contribution in [0.4, 0.5) is 18.9 Å². The topological polar surface area (TPSA) is 80.0 Å². The Morgan fingerprint density at radius 1 is 1.21 bits per heavy atom. The molecule has 0 aliphatic rings. The average molecular weight is 411 g/mol. The summed E-state index contributed by atoms with van der Waals surface area (Å²) in [6, 6.07) is 9.35. The molecule has 3 aromatic rings. The Morgan fingerprint density at radius 2 is 2.00 bits per heavy atom. The molecule has 6 nitrogen and oxygen atoms in total. The molecule has 10 heteroatoms. The number of aromatic nitrogens is 2. The van der Waals surface area contributed by atoms with Crippen LogP contribution < -0.4 is 10.6 Å². The van der Waals surface area contributed by atoms with Crippen molar-refractivity contribution in [3.05, 3.63) is 64.5 Å². The summed E-state index contributed by atoms with van der Waals surface area (Å²) >= 11 is 6.10. The first-order chi connectivity index (χ1) is 13.3. The number of rotatable bonds is 5. The van der Waals surface area contributed by atoms with Crippen molar-refractivity contribution in [2.75, 3.05) is 12.4 Å². The van der Waals surface area contributed by atoms with Crippen molar-refractivity contribution in [2.24, 2.45) is 0 Å². The van der Waals surface area contributed by atoms with Crippen molar-refractivity contribution in [3.63, 3.8) is 0 Å². The van der Waals surface area contributed by atoms with Gasteiger partial charge in [0.1, 0.15) is 0 Å². The number of nitrogens with one attached hydrogen (secondary N) is 2. The van der Waals surface area contributed by atoms with E-state index in [4.69, 9.17) is 16.1 Å². The summed E-state index contributed by atoms with van der Waals surface area (Å²) in [4.78, 5) is 15.8. The van der Waals surface area contributed by atoms with E-state index in [0.29, 0.717) is 16.3 Å². The molecule has 146 valence electrons. The summed E-state index contributed by atoms with van der Waals surface area (Å²) in [5, 5.41) is 9.56. The number of halogens is 4. The molecule has 1 aromatic heterocycles. The molecule has 0 unspecified atom stereocenters. The summed E-state index contributed by atoms with van der Waals surface area (Å²) in [6.45, 7) is 0.0723. The van der Waals surface area contributed by atoms with Crippen molar-refractivity contribution in [1.29, 1.82) is 0 Å². The van der Waals surface area contributed by atoms with Gasteiger partial charge < -0.3 is 15.2 Å². The lowest BCUT2D eigenvalue weighted by Crippen LogP contribution is -2.17. The van der Waals surface area contributed by atoms with Gasteiger partial charge in [0.15, 0.2) is 0 Å². The van der Waals surface area contributed by atoms with E-state index in [1.807, 2.05) is 0 Å². The quantitative estimate of drug-likeness (QED) is 0.652. The Labute approximate surface area is 162 Å². The van der Waals surface area contributed by atoms with Crippen LogP contribution in [0, 0.1) is 0 Å². The molecule has 0 bridgehead atoms. The molecule has 3 rings (SSSR count). The van der Waals surface area contributed by atoms with Crippen molar-refractivity contribution in [3.8, 4) is 11.4 Å². The Morgan fingerprint density at radius 3 is 2.71 bits per heavy atom. The molecule has 0 saturated heterocycles. The number of hydrogen-bond acceptors (Lipinski definition) is 5. The molecule has 0 aliphatic heterocycles. The van der Waals surface area contributed by atoms with Gasteiger partial charge >= 0.3 is 6.18 Å². The smallest absolute Gasteiger partial charge is 0.375 e. The van der Waals surface area contributed by atoms with Crippen LogP contribution in [0.25, 0.3) is 11.4 Å². The van der Waals surface area contributed by atoms with Crippen LogP contribution in [0.15, 0.2) is 47.0 Å². The van der Waals surface area contributed by atoms with E-state index < -0.39 is 11.7 Å². The van der Waals surface area contributed by atoms with Gasteiger partial charge in [-0.05, 0) is 30.3 Å². The lowest BCUT2D eigenvalue weighted by molar-refractivity contribution is -0.137. The van der Waals surface area contributed by atoms with E-state index >= 15 is 0 Å². The Bertz CT molecular complexity index is 1000. The molecular formula is C18H14ClF3N4O2. The molecule has 0 saturated carbocycles. The minimum absolute atomic E-state index is 0.0353. The third-order valence-corrected chi connectivity index (χ3v) is 4.13. The number of anilines is 1. The molecule has 0 aliphatic carbocycles. The Balaban J connectivity index is 1.75. The van der Waals surface area contributed by atoms with Crippen LogP contribution >= 0.6 is 11.6 Å². The summed E-state index contributed by atoms with van der Waals surface area (Å²) in [6.07, 6.45) is -4.46. The fourth-order valence-corrected chi connectivity index (χ4v) is 2.58. The molecule has 1 heterocycles. The second kappa shape index (κ2) is 7.89. The zero-order valence-electron chi connectivity index (χ0n) is 14.5.